The molecular weight excluding hydrogens is 482 g/mol. The second-order valence-corrected chi connectivity index (χ2v) is 8.64. The van der Waals surface area contributed by atoms with E-state index in [-0.39, 0.29) is 12.2 Å². The lowest BCUT2D eigenvalue weighted by Crippen LogP contribution is -2.55. The van der Waals surface area contributed by atoms with Crippen molar-refractivity contribution in [3.05, 3.63) is 53.3 Å². The van der Waals surface area contributed by atoms with Crippen molar-refractivity contribution in [2.24, 2.45) is 0 Å². The van der Waals surface area contributed by atoms with Crippen LogP contribution < -0.4 is 10.1 Å². The topological polar surface area (TPSA) is 163 Å². The van der Waals surface area contributed by atoms with Crippen molar-refractivity contribution in [2.75, 3.05) is 25.1 Å². The number of carbonyl (C=O) groups excluding carboxylic acids is 1. The minimum Gasteiger partial charge on any atom is -0.492 e. The molecular formula is C26H31N3O8. The minimum absolute atomic E-state index is 0.195. The second kappa shape index (κ2) is 11.4. The zero-order chi connectivity index (χ0) is 26.7. The van der Waals surface area contributed by atoms with Crippen LogP contribution in [0.15, 0.2) is 36.5 Å². The molecule has 1 aliphatic rings. The van der Waals surface area contributed by atoms with Gasteiger partial charge in [0.25, 0.3) is 0 Å². The molecule has 0 radical (unpaired) electrons. The molecule has 0 amide bonds. The number of hydrogen-bond donors (Lipinski definition) is 5. The SMILES string of the molecule is CCOC(=O)c1cnc2nc(C)c(OCC)cc2c1Nc1ccc([C@@H]2O[C@H](CO)[C@H](O)[C@H](O)[C@H]2O)cc1. The number of rotatable bonds is 8. The van der Waals surface area contributed by atoms with E-state index < -0.39 is 43.1 Å². The maximum Gasteiger partial charge on any atom is 0.341 e. The van der Waals surface area contributed by atoms with Crippen LogP contribution in [0.4, 0.5) is 11.4 Å². The van der Waals surface area contributed by atoms with Gasteiger partial charge in [0.05, 0.1) is 31.2 Å². The summed E-state index contributed by atoms with van der Waals surface area (Å²) in [7, 11) is 0. The van der Waals surface area contributed by atoms with Crippen molar-refractivity contribution in [3.8, 4) is 5.75 Å². The molecule has 0 unspecified atom stereocenters. The van der Waals surface area contributed by atoms with E-state index in [0.29, 0.717) is 46.0 Å². The van der Waals surface area contributed by atoms with Crippen LogP contribution in [0.25, 0.3) is 11.0 Å². The maximum absolute atomic E-state index is 12.7. The van der Waals surface area contributed by atoms with E-state index in [2.05, 4.69) is 15.3 Å². The first-order valence-corrected chi connectivity index (χ1v) is 12.1. The first-order chi connectivity index (χ1) is 17.8. The number of aryl methyl sites for hydroxylation is 1. The summed E-state index contributed by atoms with van der Waals surface area (Å²) in [6, 6.07) is 8.56. The van der Waals surface area contributed by atoms with Gasteiger partial charge in [0, 0.05) is 17.3 Å². The van der Waals surface area contributed by atoms with Gasteiger partial charge in [-0.25, -0.2) is 14.8 Å². The highest BCUT2D eigenvalue weighted by molar-refractivity contribution is 6.05. The Balaban J connectivity index is 1.70. The quantitative estimate of drug-likeness (QED) is 0.279. The number of carbonyl (C=O) groups is 1. The number of nitrogens with zero attached hydrogens (tertiary/aromatic N) is 2. The molecule has 1 aromatic carbocycles. The molecule has 3 heterocycles. The molecule has 2 aromatic heterocycles. The smallest absolute Gasteiger partial charge is 0.341 e. The van der Waals surface area contributed by atoms with Crippen molar-refractivity contribution < 1.29 is 39.4 Å². The summed E-state index contributed by atoms with van der Waals surface area (Å²) in [5.41, 5.74) is 2.89. The molecule has 1 saturated heterocycles. The largest absolute Gasteiger partial charge is 0.492 e. The standard InChI is InChI=1S/C26H31N3O8/c1-4-35-18-10-16-20(17(26(34)36-5-2)11-27-25(16)28-13(18)3)29-15-8-6-14(7-9-15)24-23(33)22(32)21(31)19(12-30)37-24/h6-11,19,21-24,30-33H,4-5,12H2,1-3H3,(H,27,28,29)/t19-,21+,22+,23-,24+/m1/s1. The number of aliphatic hydroxyl groups excluding tert-OH is 4. The zero-order valence-corrected chi connectivity index (χ0v) is 20.8. The summed E-state index contributed by atoms with van der Waals surface area (Å²) in [5.74, 6) is 0.0229. The lowest BCUT2D eigenvalue weighted by Gasteiger charge is -2.40. The second-order valence-electron chi connectivity index (χ2n) is 8.64. The first kappa shape index (κ1) is 26.7. The number of benzene rings is 1. The van der Waals surface area contributed by atoms with E-state index in [1.807, 2.05) is 13.8 Å². The third-order valence-electron chi connectivity index (χ3n) is 6.20. The van der Waals surface area contributed by atoms with Gasteiger partial charge in [-0.15, -0.1) is 0 Å². The van der Waals surface area contributed by atoms with E-state index in [1.165, 1.54) is 6.20 Å². The zero-order valence-electron chi connectivity index (χ0n) is 20.8. The van der Waals surface area contributed by atoms with Crippen molar-refractivity contribution in [3.63, 3.8) is 0 Å². The number of hydrogen-bond acceptors (Lipinski definition) is 11. The Morgan fingerprint density at radius 1 is 1.08 bits per heavy atom. The molecule has 0 spiro atoms. The van der Waals surface area contributed by atoms with Gasteiger partial charge in [-0.1, -0.05) is 12.1 Å². The molecule has 3 aromatic rings. The van der Waals surface area contributed by atoms with Crippen LogP contribution in [0.5, 0.6) is 5.75 Å². The third-order valence-corrected chi connectivity index (χ3v) is 6.20. The molecule has 0 bridgehead atoms. The Hall–Kier alpha value is -3.35. The summed E-state index contributed by atoms with van der Waals surface area (Å²) < 4.78 is 16.6. The number of aromatic nitrogens is 2. The van der Waals surface area contributed by atoms with Crippen LogP contribution in [-0.2, 0) is 9.47 Å². The fraction of sp³-hybridized carbons (Fsp3) is 0.423. The summed E-state index contributed by atoms with van der Waals surface area (Å²) in [6.07, 6.45) is -4.84. The van der Waals surface area contributed by atoms with Crippen LogP contribution in [-0.4, -0.2) is 80.6 Å². The third kappa shape index (κ3) is 5.36. The Labute approximate surface area is 213 Å². The predicted octanol–water partition coefficient (Wildman–Crippen LogP) is 1.77. The van der Waals surface area contributed by atoms with Crippen molar-refractivity contribution in [1.29, 1.82) is 0 Å². The van der Waals surface area contributed by atoms with Gasteiger partial charge in [0.2, 0.25) is 0 Å². The number of anilines is 2. The summed E-state index contributed by atoms with van der Waals surface area (Å²) in [4.78, 5) is 21.6. The first-order valence-electron chi connectivity index (χ1n) is 12.1. The van der Waals surface area contributed by atoms with Gasteiger partial charge in [-0.3, -0.25) is 0 Å². The van der Waals surface area contributed by atoms with E-state index in [9.17, 15) is 25.2 Å². The van der Waals surface area contributed by atoms with Gasteiger partial charge >= 0.3 is 5.97 Å². The van der Waals surface area contributed by atoms with Crippen LogP contribution in [0.2, 0.25) is 0 Å². The van der Waals surface area contributed by atoms with Crippen LogP contribution in [0.1, 0.15) is 41.6 Å². The van der Waals surface area contributed by atoms with Crippen LogP contribution in [0, 0.1) is 6.92 Å². The number of ether oxygens (including phenoxy) is 3. The van der Waals surface area contributed by atoms with E-state index in [1.54, 1.807) is 37.3 Å². The monoisotopic (exact) mass is 513 g/mol. The van der Waals surface area contributed by atoms with E-state index in [4.69, 9.17) is 14.2 Å². The highest BCUT2D eigenvalue weighted by Crippen LogP contribution is 2.35. The van der Waals surface area contributed by atoms with Gasteiger partial charge < -0.3 is 40.0 Å². The number of esters is 1. The normalized spacial score (nSPS) is 23.6. The summed E-state index contributed by atoms with van der Waals surface area (Å²) in [5, 5.41) is 43.9. The molecule has 5 N–H and O–H groups in total. The van der Waals surface area contributed by atoms with Crippen molar-refractivity contribution in [2.45, 2.75) is 51.3 Å². The number of pyridine rings is 2. The summed E-state index contributed by atoms with van der Waals surface area (Å²) in [6.45, 7) is 5.53. The molecule has 198 valence electrons. The van der Waals surface area contributed by atoms with Crippen molar-refractivity contribution in [1.82, 2.24) is 9.97 Å². The molecule has 0 saturated carbocycles. The Kier molecular flexibility index (Phi) is 8.20. The van der Waals surface area contributed by atoms with E-state index in [0.717, 1.165) is 0 Å². The molecule has 0 aliphatic carbocycles. The highest BCUT2D eigenvalue weighted by Gasteiger charge is 2.43. The Morgan fingerprint density at radius 3 is 2.46 bits per heavy atom. The lowest BCUT2D eigenvalue weighted by molar-refractivity contribution is -0.231. The molecule has 37 heavy (non-hydrogen) atoms. The summed E-state index contributed by atoms with van der Waals surface area (Å²) >= 11 is 0. The van der Waals surface area contributed by atoms with Crippen molar-refractivity contribution >= 4 is 28.4 Å². The Bertz CT molecular complexity index is 1250. The molecule has 11 heteroatoms. The average molecular weight is 514 g/mol. The number of fused-ring (bicyclic) bond motifs is 1. The van der Waals surface area contributed by atoms with Gasteiger partial charge in [-0.05, 0) is 44.5 Å². The lowest BCUT2D eigenvalue weighted by atomic mass is 9.91. The van der Waals surface area contributed by atoms with E-state index >= 15 is 0 Å². The Morgan fingerprint density at radius 2 is 1.81 bits per heavy atom. The molecule has 5 atom stereocenters. The molecule has 11 nitrogen and oxygen atoms in total. The van der Waals surface area contributed by atoms with Gasteiger partial charge in [0.15, 0.2) is 5.65 Å². The molecule has 1 fully saturated rings. The number of aliphatic hydroxyl groups is 4. The average Bonchev–Trinajstić information content (AvgIpc) is 2.89. The van der Waals surface area contributed by atoms with Crippen LogP contribution in [0.3, 0.4) is 0 Å². The predicted molar refractivity (Wildman–Crippen MR) is 134 cm³/mol. The van der Waals surface area contributed by atoms with Crippen LogP contribution >= 0.6 is 0 Å². The minimum atomic E-state index is -1.47. The molecule has 1 aliphatic heterocycles. The number of nitrogens with one attached hydrogen (secondary N) is 1. The fourth-order valence-electron chi connectivity index (χ4n) is 4.27. The highest BCUT2D eigenvalue weighted by atomic mass is 16.5. The molecule has 4 rings (SSSR count). The maximum atomic E-state index is 12.7. The fourth-order valence-corrected chi connectivity index (χ4v) is 4.27. The van der Waals surface area contributed by atoms with Gasteiger partial charge in [-0.2, -0.15) is 0 Å². The van der Waals surface area contributed by atoms with Gasteiger partial charge in [0.1, 0.15) is 41.8 Å².